The molecule has 9 nitrogen and oxygen atoms in total. The largest absolute Gasteiger partial charge is 0.466 e. The molecule has 0 atom stereocenters. The molecule has 0 unspecified atom stereocenters. The van der Waals surface area contributed by atoms with Gasteiger partial charge in [0, 0.05) is 18.5 Å². The van der Waals surface area contributed by atoms with Gasteiger partial charge in [-0.15, -0.1) is 11.3 Å². The van der Waals surface area contributed by atoms with Gasteiger partial charge in [-0.3, -0.25) is 15.0 Å². The van der Waals surface area contributed by atoms with Crippen LogP contribution in [0.1, 0.15) is 43.5 Å². The summed E-state index contributed by atoms with van der Waals surface area (Å²) < 4.78 is 10.0. The van der Waals surface area contributed by atoms with Crippen LogP contribution in [0, 0.1) is 17.2 Å². The van der Waals surface area contributed by atoms with Crippen molar-refractivity contribution in [1.82, 2.24) is 4.98 Å². The van der Waals surface area contributed by atoms with E-state index >= 15 is 0 Å². The SMILES string of the molecule is CCOC(=O)Cc1csc(NN=Cc2ccc(N3CCC(C(=O)OCC)CC3)c(C#N)c2)n1. The summed E-state index contributed by atoms with van der Waals surface area (Å²) in [7, 11) is 0. The number of nitriles is 1. The highest BCUT2D eigenvalue weighted by Crippen LogP contribution is 2.27. The van der Waals surface area contributed by atoms with E-state index in [9.17, 15) is 14.9 Å². The monoisotopic (exact) mass is 469 g/mol. The number of ether oxygens (including phenoxy) is 2. The molecule has 10 heteroatoms. The Morgan fingerprint density at radius 3 is 2.76 bits per heavy atom. The van der Waals surface area contributed by atoms with E-state index in [0.29, 0.717) is 55.5 Å². The highest BCUT2D eigenvalue weighted by atomic mass is 32.1. The Bertz CT molecular complexity index is 1040. The van der Waals surface area contributed by atoms with E-state index in [1.165, 1.54) is 11.3 Å². The van der Waals surface area contributed by atoms with Crippen molar-refractivity contribution >= 4 is 40.3 Å². The number of aromatic nitrogens is 1. The van der Waals surface area contributed by atoms with Crippen molar-refractivity contribution in [2.45, 2.75) is 33.1 Å². The van der Waals surface area contributed by atoms with Crippen molar-refractivity contribution in [1.29, 1.82) is 5.26 Å². The van der Waals surface area contributed by atoms with Crippen molar-refractivity contribution in [3.8, 4) is 6.07 Å². The van der Waals surface area contributed by atoms with Crippen molar-refractivity contribution in [3.05, 3.63) is 40.4 Å². The quantitative estimate of drug-likeness (QED) is 0.338. The number of esters is 2. The summed E-state index contributed by atoms with van der Waals surface area (Å²) in [6.45, 7) is 5.71. The van der Waals surface area contributed by atoms with Gasteiger partial charge in [-0.2, -0.15) is 10.4 Å². The summed E-state index contributed by atoms with van der Waals surface area (Å²) in [6, 6.07) is 7.85. The topological polar surface area (TPSA) is 117 Å². The maximum Gasteiger partial charge on any atom is 0.311 e. The van der Waals surface area contributed by atoms with Crippen LogP contribution in [0.15, 0.2) is 28.7 Å². The van der Waals surface area contributed by atoms with E-state index in [-0.39, 0.29) is 24.3 Å². The minimum Gasteiger partial charge on any atom is -0.466 e. The Labute approximate surface area is 197 Å². The third-order valence-electron chi connectivity index (χ3n) is 5.15. The van der Waals surface area contributed by atoms with Gasteiger partial charge in [0.15, 0.2) is 0 Å². The number of hydrogen-bond acceptors (Lipinski definition) is 10. The number of carbonyl (C=O) groups excluding carboxylic acids is 2. The van der Waals surface area contributed by atoms with E-state index in [1.807, 2.05) is 19.1 Å². The second-order valence-corrected chi connectivity index (χ2v) is 8.26. The Morgan fingerprint density at radius 2 is 2.06 bits per heavy atom. The van der Waals surface area contributed by atoms with Gasteiger partial charge < -0.3 is 14.4 Å². The van der Waals surface area contributed by atoms with Crippen molar-refractivity contribution in [2.75, 3.05) is 36.6 Å². The number of rotatable bonds is 9. The van der Waals surface area contributed by atoms with E-state index < -0.39 is 0 Å². The lowest BCUT2D eigenvalue weighted by Crippen LogP contribution is -2.37. The molecule has 0 saturated carbocycles. The fraction of sp³-hybridized carbons (Fsp3) is 0.435. The van der Waals surface area contributed by atoms with Crippen LogP contribution in [0.2, 0.25) is 0 Å². The van der Waals surface area contributed by atoms with Crippen LogP contribution in [0.4, 0.5) is 10.8 Å². The molecule has 1 aliphatic rings. The first-order valence-corrected chi connectivity index (χ1v) is 11.8. The number of anilines is 2. The molecule has 1 fully saturated rings. The minimum absolute atomic E-state index is 0.0760. The highest BCUT2D eigenvalue weighted by Gasteiger charge is 2.27. The number of benzene rings is 1. The van der Waals surface area contributed by atoms with Crippen LogP contribution >= 0.6 is 11.3 Å². The Kier molecular flexibility index (Phi) is 8.78. The molecule has 1 aliphatic heterocycles. The molecule has 1 N–H and O–H groups in total. The first-order valence-electron chi connectivity index (χ1n) is 10.9. The van der Waals surface area contributed by atoms with Gasteiger partial charge in [0.1, 0.15) is 6.07 Å². The van der Waals surface area contributed by atoms with Gasteiger partial charge in [-0.1, -0.05) is 6.07 Å². The van der Waals surface area contributed by atoms with E-state index in [2.05, 4.69) is 26.5 Å². The third-order valence-corrected chi connectivity index (χ3v) is 5.95. The molecular weight excluding hydrogens is 442 g/mol. The molecule has 3 rings (SSSR count). The fourth-order valence-electron chi connectivity index (χ4n) is 3.58. The number of hydrazone groups is 1. The van der Waals surface area contributed by atoms with Crippen LogP contribution in [0.3, 0.4) is 0 Å². The van der Waals surface area contributed by atoms with Crippen LogP contribution in [-0.2, 0) is 25.5 Å². The lowest BCUT2D eigenvalue weighted by molar-refractivity contribution is -0.148. The van der Waals surface area contributed by atoms with Gasteiger partial charge >= 0.3 is 11.9 Å². The highest BCUT2D eigenvalue weighted by molar-refractivity contribution is 7.13. The summed E-state index contributed by atoms with van der Waals surface area (Å²) in [5, 5.41) is 16.2. The number of hydrogen-bond donors (Lipinski definition) is 1. The summed E-state index contributed by atoms with van der Waals surface area (Å²) in [5.41, 5.74) is 5.65. The molecule has 1 aromatic heterocycles. The van der Waals surface area contributed by atoms with Gasteiger partial charge in [-0.05, 0) is 44.4 Å². The smallest absolute Gasteiger partial charge is 0.311 e. The van der Waals surface area contributed by atoms with E-state index in [1.54, 1.807) is 24.6 Å². The van der Waals surface area contributed by atoms with Crippen molar-refractivity contribution < 1.29 is 19.1 Å². The minimum atomic E-state index is -0.313. The van der Waals surface area contributed by atoms with Crippen LogP contribution in [-0.4, -0.2) is 49.4 Å². The molecule has 0 bridgehead atoms. The second kappa shape index (κ2) is 12.0. The molecule has 174 valence electrons. The van der Waals surface area contributed by atoms with Gasteiger partial charge in [0.25, 0.3) is 0 Å². The lowest BCUT2D eigenvalue weighted by Gasteiger charge is -2.33. The van der Waals surface area contributed by atoms with Crippen molar-refractivity contribution in [2.24, 2.45) is 11.0 Å². The predicted molar refractivity (Wildman–Crippen MR) is 126 cm³/mol. The van der Waals surface area contributed by atoms with Gasteiger partial charge in [0.05, 0.1) is 48.7 Å². The van der Waals surface area contributed by atoms with Crippen LogP contribution in [0.5, 0.6) is 0 Å². The lowest BCUT2D eigenvalue weighted by atomic mass is 9.96. The average molecular weight is 470 g/mol. The molecule has 1 aromatic carbocycles. The summed E-state index contributed by atoms with van der Waals surface area (Å²) in [4.78, 5) is 29.9. The van der Waals surface area contributed by atoms with Crippen LogP contribution in [0.25, 0.3) is 0 Å². The third kappa shape index (κ3) is 6.76. The van der Waals surface area contributed by atoms with Gasteiger partial charge in [-0.25, -0.2) is 4.98 Å². The molecule has 1 saturated heterocycles. The maximum atomic E-state index is 11.9. The molecule has 0 spiro atoms. The summed E-state index contributed by atoms with van der Waals surface area (Å²) >= 11 is 1.34. The molecule has 33 heavy (non-hydrogen) atoms. The van der Waals surface area contributed by atoms with E-state index in [4.69, 9.17) is 9.47 Å². The molecule has 0 aliphatic carbocycles. The first-order chi connectivity index (χ1) is 16.0. The van der Waals surface area contributed by atoms with Gasteiger partial charge in [0.2, 0.25) is 5.13 Å². The number of nitrogens with one attached hydrogen (secondary N) is 1. The number of carbonyl (C=O) groups is 2. The zero-order valence-corrected chi connectivity index (χ0v) is 19.6. The fourth-order valence-corrected chi connectivity index (χ4v) is 4.24. The summed E-state index contributed by atoms with van der Waals surface area (Å²) in [5.74, 6) is -0.523. The maximum absolute atomic E-state index is 11.9. The van der Waals surface area contributed by atoms with E-state index in [0.717, 1.165) is 11.3 Å². The second-order valence-electron chi connectivity index (χ2n) is 7.40. The molecule has 2 heterocycles. The van der Waals surface area contributed by atoms with Crippen molar-refractivity contribution in [3.63, 3.8) is 0 Å². The Balaban J connectivity index is 1.57. The zero-order chi connectivity index (χ0) is 23.6. The zero-order valence-electron chi connectivity index (χ0n) is 18.7. The number of piperidine rings is 1. The molecule has 2 aromatic rings. The summed E-state index contributed by atoms with van der Waals surface area (Å²) in [6.07, 6.45) is 3.16. The molecular formula is C23H27N5O4S. The molecule has 0 radical (unpaired) electrons. The number of nitrogens with zero attached hydrogens (tertiary/aromatic N) is 4. The molecule has 0 amide bonds. The standard InChI is InChI=1S/C23H27N5O4S/c1-3-31-21(29)12-19-15-33-23(26-19)27-25-14-16-5-6-20(18(11-16)13-24)28-9-7-17(8-10-28)22(30)32-4-2/h5-6,11,14-15,17H,3-4,7-10,12H2,1-2H3,(H,26,27). The Morgan fingerprint density at radius 1 is 1.30 bits per heavy atom. The normalized spacial score (nSPS) is 14.2. The van der Waals surface area contributed by atoms with Crippen LogP contribution < -0.4 is 10.3 Å². The average Bonchev–Trinajstić information content (AvgIpc) is 3.26. The number of thiazole rings is 1. The first kappa shape index (κ1) is 24.2. The predicted octanol–water partition coefficient (Wildman–Crippen LogP) is 3.35. The Hall–Kier alpha value is -3.45.